The van der Waals surface area contributed by atoms with Gasteiger partial charge in [0, 0.05) is 30.5 Å². The van der Waals surface area contributed by atoms with E-state index >= 15 is 0 Å². The predicted molar refractivity (Wildman–Crippen MR) is 72.2 cm³/mol. The number of nitro benzene ring substituents is 1. The highest BCUT2D eigenvalue weighted by atomic mass is 16.6. The lowest BCUT2D eigenvalue weighted by molar-refractivity contribution is -0.384. The Morgan fingerprint density at radius 1 is 1.21 bits per heavy atom. The van der Waals surface area contributed by atoms with E-state index in [0.29, 0.717) is 12.1 Å². The second kappa shape index (κ2) is 5.17. The van der Waals surface area contributed by atoms with Gasteiger partial charge in [0.15, 0.2) is 0 Å². The summed E-state index contributed by atoms with van der Waals surface area (Å²) in [5, 5.41) is 14.1. The second-order valence-corrected chi connectivity index (χ2v) is 5.42. The van der Waals surface area contributed by atoms with Gasteiger partial charge in [0.05, 0.1) is 11.0 Å². The Bertz CT molecular complexity index is 456. The topological polar surface area (TPSA) is 64.4 Å². The van der Waals surface area contributed by atoms with Crippen molar-refractivity contribution in [1.29, 1.82) is 0 Å². The van der Waals surface area contributed by atoms with Crippen LogP contribution in [0, 0.1) is 16.0 Å². The van der Waals surface area contributed by atoms with Crippen molar-refractivity contribution in [2.45, 2.75) is 37.8 Å². The average molecular weight is 262 g/mol. The molecule has 1 heterocycles. The Kier molecular flexibility index (Phi) is 3.38. The largest absolute Gasteiger partial charge is 0.382 e. The maximum Gasteiger partial charge on any atom is 0.269 e. The molecule has 0 radical (unpaired) electrons. The van der Waals surface area contributed by atoms with Crippen molar-refractivity contribution in [2.75, 3.05) is 11.9 Å². The molecule has 2 atom stereocenters. The van der Waals surface area contributed by atoms with Crippen LogP contribution in [0.5, 0.6) is 0 Å². The van der Waals surface area contributed by atoms with Crippen LogP contribution >= 0.6 is 0 Å². The smallest absolute Gasteiger partial charge is 0.269 e. The Balaban J connectivity index is 1.59. The molecule has 1 aliphatic carbocycles. The van der Waals surface area contributed by atoms with Crippen molar-refractivity contribution in [3.8, 4) is 0 Å². The first-order chi connectivity index (χ1) is 9.22. The summed E-state index contributed by atoms with van der Waals surface area (Å²) in [6.45, 7) is 0.811. The Hall–Kier alpha value is -1.62. The van der Waals surface area contributed by atoms with Gasteiger partial charge < -0.3 is 10.1 Å². The summed E-state index contributed by atoms with van der Waals surface area (Å²) >= 11 is 0. The molecule has 1 aromatic carbocycles. The molecule has 1 saturated carbocycles. The molecule has 0 amide bonds. The highest BCUT2D eigenvalue weighted by molar-refractivity contribution is 5.49. The number of rotatable bonds is 4. The predicted octanol–water partition coefficient (Wildman–Crippen LogP) is 2.96. The molecule has 5 nitrogen and oxygen atoms in total. The van der Waals surface area contributed by atoms with Crippen molar-refractivity contribution in [1.82, 2.24) is 0 Å². The molecule has 0 bridgehead atoms. The maximum absolute atomic E-state index is 10.6. The molecule has 1 aromatic rings. The minimum Gasteiger partial charge on any atom is -0.382 e. The molecule has 2 unspecified atom stereocenters. The summed E-state index contributed by atoms with van der Waals surface area (Å²) in [5.74, 6) is 0.765. The highest BCUT2D eigenvalue weighted by Gasteiger charge is 2.35. The van der Waals surface area contributed by atoms with Gasteiger partial charge in [-0.3, -0.25) is 10.1 Å². The Morgan fingerprint density at radius 2 is 1.95 bits per heavy atom. The molecule has 5 heteroatoms. The number of ether oxygens (including phenoxy) is 1. The first-order valence-corrected chi connectivity index (χ1v) is 6.85. The van der Waals surface area contributed by atoms with E-state index < -0.39 is 0 Å². The molecule has 2 fully saturated rings. The number of benzene rings is 1. The van der Waals surface area contributed by atoms with E-state index in [1.54, 1.807) is 24.3 Å². The minimum absolute atomic E-state index is 0.133. The zero-order valence-corrected chi connectivity index (χ0v) is 10.7. The summed E-state index contributed by atoms with van der Waals surface area (Å²) < 4.78 is 5.79. The van der Waals surface area contributed by atoms with Crippen molar-refractivity contribution >= 4 is 11.4 Å². The molecule has 102 valence electrons. The van der Waals surface area contributed by atoms with Crippen LogP contribution in [0.1, 0.15) is 25.7 Å². The standard InChI is InChI=1S/C14H18N2O3/c17-16(18)13-5-3-11(4-6-13)15-12-7-8-19-14(9-12)10-1-2-10/h3-6,10,12,14-15H,1-2,7-9H2. The molecular weight excluding hydrogens is 244 g/mol. The fourth-order valence-electron chi connectivity index (χ4n) is 2.67. The van der Waals surface area contributed by atoms with E-state index in [4.69, 9.17) is 4.74 Å². The summed E-state index contributed by atoms with van der Waals surface area (Å²) in [6.07, 6.45) is 5.05. The molecule has 0 spiro atoms. The zero-order valence-electron chi connectivity index (χ0n) is 10.7. The van der Waals surface area contributed by atoms with Crippen LogP contribution in [-0.2, 0) is 4.74 Å². The normalized spacial score (nSPS) is 26.9. The van der Waals surface area contributed by atoms with Crippen LogP contribution in [0.15, 0.2) is 24.3 Å². The van der Waals surface area contributed by atoms with Crippen LogP contribution < -0.4 is 5.32 Å². The van der Waals surface area contributed by atoms with E-state index in [0.717, 1.165) is 31.1 Å². The van der Waals surface area contributed by atoms with Crippen LogP contribution in [0.4, 0.5) is 11.4 Å². The molecular formula is C14H18N2O3. The number of nitro groups is 1. The molecule has 0 aromatic heterocycles. The van der Waals surface area contributed by atoms with Gasteiger partial charge in [0.25, 0.3) is 5.69 Å². The lowest BCUT2D eigenvalue weighted by atomic mass is 10.00. The van der Waals surface area contributed by atoms with E-state index in [-0.39, 0.29) is 10.6 Å². The lowest BCUT2D eigenvalue weighted by Gasteiger charge is -2.30. The summed E-state index contributed by atoms with van der Waals surface area (Å²) in [4.78, 5) is 10.2. The molecule has 1 N–H and O–H groups in total. The monoisotopic (exact) mass is 262 g/mol. The number of nitrogens with one attached hydrogen (secondary N) is 1. The van der Waals surface area contributed by atoms with Gasteiger partial charge in [-0.15, -0.1) is 0 Å². The van der Waals surface area contributed by atoms with Crippen LogP contribution in [0.2, 0.25) is 0 Å². The number of nitrogens with zero attached hydrogens (tertiary/aromatic N) is 1. The van der Waals surface area contributed by atoms with Gasteiger partial charge in [-0.05, 0) is 43.7 Å². The maximum atomic E-state index is 10.6. The van der Waals surface area contributed by atoms with Crippen molar-refractivity contribution < 1.29 is 9.66 Å². The summed E-state index contributed by atoms with van der Waals surface area (Å²) in [5.41, 5.74) is 1.08. The van der Waals surface area contributed by atoms with Crippen LogP contribution in [0.25, 0.3) is 0 Å². The van der Waals surface area contributed by atoms with Crippen molar-refractivity contribution in [2.24, 2.45) is 5.92 Å². The first kappa shape index (κ1) is 12.4. The van der Waals surface area contributed by atoms with Crippen molar-refractivity contribution in [3.05, 3.63) is 34.4 Å². The fraction of sp³-hybridized carbons (Fsp3) is 0.571. The van der Waals surface area contributed by atoms with Crippen LogP contribution in [0.3, 0.4) is 0 Å². The quantitative estimate of drug-likeness (QED) is 0.669. The first-order valence-electron chi connectivity index (χ1n) is 6.85. The number of hydrogen-bond donors (Lipinski definition) is 1. The zero-order chi connectivity index (χ0) is 13.2. The van der Waals surface area contributed by atoms with Gasteiger partial charge in [0.2, 0.25) is 0 Å². The van der Waals surface area contributed by atoms with Gasteiger partial charge in [-0.25, -0.2) is 0 Å². The third-order valence-corrected chi connectivity index (χ3v) is 3.91. The molecule has 3 rings (SSSR count). The molecule has 1 saturated heterocycles. The van der Waals surface area contributed by atoms with Gasteiger partial charge in [-0.2, -0.15) is 0 Å². The van der Waals surface area contributed by atoms with Crippen molar-refractivity contribution in [3.63, 3.8) is 0 Å². The lowest BCUT2D eigenvalue weighted by Crippen LogP contribution is -2.35. The summed E-state index contributed by atoms with van der Waals surface area (Å²) in [7, 11) is 0. The number of hydrogen-bond acceptors (Lipinski definition) is 4. The highest BCUT2D eigenvalue weighted by Crippen LogP contribution is 2.38. The number of anilines is 1. The van der Waals surface area contributed by atoms with E-state index in [2.05, 4.69) is 5.32 Å². The average Bonchev–Trinajstić information content (AvgIpc) is 3.24. The van der Waals surface area contributed by atoms with E-state index in [1.807, 2.05) is 0 Å². The SMILES string of the molecule is O=[N+]([O-])c1ccc(NC2CCOC(C3CC3)C2)cc1. The summed E-state index contributed by atoms with van der Waals surface area (Å²) in [6, 6.07) is 7.06. The van der Waals surface area contributed by atoms with E-state index in [1.165, 1.54) is 12.8 Å². The van der Waals surface area contributed by atoms with Crippen LogP contribution in [-0.4, -0.2) is 23.7 Å². The van der Waals surface area contributed by atoms with Gasteiger partial charge >= 0.3 is 0 Å². The Morgan fingerprint density at radius 3 is 2.58 bits per heavy atom. The number of non-ortho nitro benzene ring substituents is 1. The Labute approximate surface area is 112 Å². The third-order valence-electron chi connectivity index (χ3n) is 3.91. The van der Waals surface area contributed by atoms with Gasteiger partial charge in [-0.1, -0.05) is 0 Å². The minimum atomic E-state index is -0.374. The fourth-order valence-corrected chi connectivity index (χ4v) is 2.67. The second-order valence-electron chi connectivity index (χ2n) is 5.42. The van der Waals surface area contributed by atoms with E-state index in [9.17, 15) is 10.1 Å². The molecule has 2 aliphatic rings. The molecule has 19 heavy (non-hydrogen) atoms. The van der Waals surface area contributed by atoms with Gasteiger partial charge in [0.1, 0.15) is 0 Å². The third kappa shape index (κ3) is 3.04. The molecule has 1 aliphatic heterocycles.